The van der Waals surface area contributed by atoms with Gasteiger partial charge in [0.25, 0.3) is 0 Å². The zero-order valence-corrected chi connectivity index (χ0v) is 16.2. The van der Waals surface area contributed by atoms with Crippen LogP contribution in [-0.4, -0.2) is 38.3 Å². The van der Waals surface area contributed by atoms with E-state index in [2.05, 4.69) is 33.4 Å². The van der Waals surface area contributed by atoms with Crippen LogP contribution >= 0.6 is 23.1 Å². The summed E-state index contributed by atoms with van der Waals surface area (Å²) in [6.45, 7) is 7.12. The summed E-state index contributed by atoms with van der Waals surface area (Å²) in [5.41, 5.74) is 8.30. The fourth-order valence-corrected chi connectivity index (χ4v) is 4.14. The van der Waals surface area contributed by atoms with Crippen LogP contribution in [0.4, 0.5) is 11.4 Å². The van der Waals surface area contributed by atoms with Crippen LogP contribution in [0.15, 0.2) is 45.6 Å². The first kappa shape index (κ1) is 18.8. The molecule has 130 valence electrons. The van der Waals surface area contributed by atoms with Crippen LogP contribution in [0.5, 0.6) is 0 Å². The first-order valence-electron chi connectivity index (χ1n) is 8.32. The second-order valence-corrected chi connectivity index (χ2v) is 7.15. The molecule has 1 aliphatic heterocycles. The Labute approximate surface area is 153 Å². The van der Waals surface area contributed by atoms with E-state index in [9.17, 15) is 0 Å². The van der Waals surface area contributed by atoms with E-state index in [1.807, 2.05) is 50.2 Å². The number of rotatable bonds is 5. The van der Waals surface area contributed by atoms with Crippen molar-refractivity contribution >= 4 is 40.3 Å². The Morgan fingerprint density at radius 3 is 2.88 bits per heavy atom. The molecule has 0 spiro atoms. The van der Waals surface area contributed by atoms with E-state index in [4.69, 9.17) is 5.73 Å². The normalized spacial score (nSPS) is 14.0. The van der Waals surface area contributed by atoms with Crippen molar-refractivity contribution in [2.45, 2.75) is 18.7 Å². The first-order chi connectivity index (χ1) is 11.8. The van der Waals surface area contributed by atoms with E-state index in [1.54, 1.807) is 11.3 Å². The highest BCUT2D eigenvalue weighted by molar-refractivity contribution is 7.99. The van der Waals surface area contributed by atoms with Gasteiger partial charge in [-0.3, -0.25) is 0 Å². The molecule has 6 heteroatoms. The molecule has 0 unspecified atom stereocenters. The van der Waals surface area contributed by atoms with Crippen molar-refractivity contribution in [3.63, 3.8) is 0 Å². The van der Waals surface area contributed by atoms with Crippen molar-refractivity contribution in [3.05, 3.63) is 40.6 Å². The van der Waals surface area contributed by atoms with E-state index in [0.717, 1.165) is 36.0 Å². The molecule has 0 amide bonds. The number of thiophene rings is 1. The molecule has 0 atom stereocenters. The topological polar surface area (TPSA) is 53.6 Å². The summed E-state index contributed by atoms with van der Waals surface area (Å²) in [5, 5.41) is 5.23. The molecule has 1 aliphatic rings. The SMILES string of the molecule is CC.CNCCN1CCSc2cc(N=C(N)c3cccs3)ccc21. The first-order valence-corrected chi connectivity index (χ1v) is 10.2. The number of nitrogens with one attached hydrogen (secondary N) is 1. The van der Waals surface area contributed by atoms with Crippen LogP contribution in [0.3, 0.4) is 0 Å². The van der Waals surface area contributed by atoms with Gasteiger partial charge in [-0.15, -0.1) is 23.1 Å². The van der Waals surface area contributed by atoms with Gasteiger partial charge in [0, 0.05) is 30.3 Å². The Bertz CT molecular complexity index is 653. The lowest BCUT2D eigenvalue weighted by Crippen LogP contribution is -2.34. The van der Waals surface area contributed by atoms with E-state index < -0.39 is 0 Å². The summed E-state index contributed by atoms with van der Waals surface area (Å²) in [6.07, 6.45) is 0. The Hall–Kier alpha value is -1.50. The van der Waals surface area contributed by atoms with Crippen LogP contribution < -0.4 is 16.0 Å². The van der Waals surface area contributed by atoms with Gasteiger partial charge < -0.3 is 16.0 Å². The van der Waals surface area contributed by atoms with Gasteiger partial charge in [0.2, 0.25) is 0 Å². The highest BCUT2D eigenvalue weighted by atomic mass is 32.2. The summed E-state index contributed by atoms with van der Waals surface area (Å²) in [7, 11) is 1.99. The number of likely N-dealkylation sites (N-methyl/N-ethyl adjacent to an activating group) is 1. The zero-order chi connectivity index (χ0) is 17.4. The van der Waals surface area contributed by atoms with E-state index in [0.29, 0.717) is 5.84 Å². The number of fused-ring (bicyclic) bond motifs is 1. The van der Waals surface area contributed by atoms with E-state index >= 15 is 0 Å². The lowest BCUT2D eigenvalue weighted by Gasteiger charge is -2.30. The average molecular weight is 363 g/mol. The van der Waals surface area contributed by atoms with Crippen molar-refractivity contribution in [2.75, 3.05) is 37.3 Å². The van der Waals surface area contributed by atoms with Crippen LogP contribution in [-0.2, 0) is 0 Å². The number of nitrogens with two attached hydrogens (primary N) is 1. The Balaban J connectivity index is 0.00000100. The van der Waals surface area contributed by atoms with Crippen molar-refractivity contribution in [1.29, 1.82) is 0 Å². The maximum Gasteiger partial charge on any atom is 0.141 e. The number of thioether (sulfide) groups is 1. The molecule has 1 aromatic heterocycles. The van der Waals surface area contributed by atoms with Gasteiger partial charge in [0.05, 0.1) is 16.3 Å². The summed E-state index contributed by atoms with van der Waals surface area (Å²) < 4.78 is 0. The van der Waals surface area contributed by atoms with Gasteiger partial charge in [-0.05, 0) is 36.7 Å². The summed E-state index contributed by atoms with van der Waals surface area (Å²) in [5.74, 6) is 1.70. The van der Waals surface area contributed by atoms with Crippen molar-refractivity contribution in [1.82, 2.24) is 5.32 Å². The molecule has 0 saturated heterocycles. The summed E-state index contributed by atoms with van der Waals surface area (Å²) in [4.78, 5) is 9.30. The minimum atomic E-state index is 0.586. The van der Waals surface area contributed by atoms with Crippen LogP contribution in [0.2, 0.25) is 0 Å². The Morgan fingerprint density at radius 1 is 1.33 bits per heavy atom. The third-order valence-electron chi connectivity index (χ3n) is 3.56. The van der Waals surface area contributed by atoms with Gasteiger partial charge in [0.1, 0.15) is 5.84 Å². The maximum atomic E-state index is 6.08. The third-order valence-corrected chi connectivity index (χ3v) is 5.47. The Morgan fingerprint density at radius 2 is 2.17 bits per heavy atom. The Kier molecular flexibility index (Phi) is 7.62. The molecular formula is C18H26N4S2. The van der Waals surface area contributed by atoms with E-state index in [1.165, 1.54) is 10.6 Å². The standard InChI is InChI=1S/C16H20N4S2.C2H6/c1-18-6-7-20-8-10-22-15-11-12(4-5-13(15)20)19-16(17)14-3-2-9-21-14;1-2/h2-5,9,11,18H,6-8,10H2,1H3,(H2,17,19);1-2H3. The number of hydrogen-bond donors (Lipinski definition) is 2. The molecule has 0 fully saturated rings. The average Bonchev–Trinajstić information content (AvgIpc) is 3.16. The van der Waals surface area contributed by atoms with Crippen LogP contribution in [0.1, 0.15) is 18.7 Å². The highest BCUT2D eigenvalue weighted by Gasteiger charge is 2.17. The monoisotopic (exact) mass is 362 g/mol. The van der Waals surface area contributed by atoms with E-state index in [-0.39, 0.29) is 0 Å². The molecule has 24 heavy (non-hydrogen) atoms. The molecule has 0 bridgehead atoms. The van der Waals surface area contributed by atoms with Gasteiger partial charge in [0.15, 0.2) is 0 Å². The second-order valence-electron chi connectivity index (χ2n) is 5.07. The molecule has 3 rings (SSSR count). The minimum Gasteiger partial charge on any atom is -0.383 e. The third kappa shape index (κ3) is 4.75. The fraction of sp³-hybridized carbons (Fsp3) is 0.389. The van der Waals surface area contributed by atoms with Gasteiger partial charge >= 0.3 is 0 Å². The molecule has 4 nitrogen and oxygen atoms in total. The molecule has 0 aliphatic carbocycles. The molecule has 1 aromatic carbocycles. The number of benzene rings is 1. The van der Waals surface area contributed by atoms with Gasteiger partial charge in [-0.2, -0.15) is 0 Å². The van der Waals surface area contributed by atoms with Crippen LogP contribution in [0, 0.1) is 0 Å². The molecule has 0 radical (unpaired) electrons. The predicted octanol–water partition coefficient (Wildman–Crippen LogP) is 3.94. The number of aliphatic imine (C=N–C) groups is 1. The van der Waals surface area contributed by atoms with Gasteiger partial charge in [-0.25, -0.2) is 4.99 Å². The summed E-state index contributed by atoms with van der Waals surface area (Å²) in [6, 6.07) is 10.3. The number of nitrogens with zero attached hydrogens (tertiary/aromatic N) is 2. The van der Waals surface area contributed by atoms with Crippen LogP contribution in [0.25, 0.3) is 0 Å². The molecular weight excluding hydrogens is 336 g/mol. The van der Waals surface area contributed by atoms with Crippen molar-refractivity contribution in [2.24, 2.45) is 10.7 Å². The zero-order valence-electron chi connectivity index (χ0n) is 14.6. The largest absolute Gasteiger partial charge is 0.383 e. The fourth-order valence-electron chi connectivity index (χ4n) is 2.43. The lowest BCUT2D eigenvalue weighted by atomic mass is 10.2. The van der Waals surface area contributed by atoms with Crippen molar-refractivity contribution < 1.29 is 0 Å². The molecule has 2 heterocycles. The number of anilines is 1. The molecule has 3 N–H and O–H groups in total. The lowest BCUT2D eigenvalue weighted by molar-refractivity contribution is 0.731. The second kappa shape index (κ2) is 9.71. The summed E-state index contributed by atoms with van der Waals surface area (Å²) >= 11 is 3.51. The van der Waals surface area contributed by atoms with Gasteiger partial charge in [-0.1, -0.05) is 19.9 Å². The smallest absolute Gasteiger partial charge is 0.141 e. The number of hydrogen-bond acceptors (Lipinski definition) is 5. The minimum absolute atomic E-state index is 0.586. The van der Waals surface area contributed by atoms with Crippen molar-refractivity contribution in [3.8, 4) is 0 Å². The molecule has 2 aromatic rings. The highest BCUT2D eigenvalue weighted by Crippen LogP contribution is 2.37. The predicted molar refractivity (Wildman–Crippen MR) is 109 cm³/mol. The number of amidine groups is 1. The maximum absolute atomic E-state index is 6.08. The quantitative estimate of drug-likeness (QED) is 0.625. The molecule has 0 saturated carbocycles.